The summed E-state index contributed by atoms with van der Waals surface area (Å²) < 4.78 is 12.9. The smallest absolute Gasteiger partial charge is 0.251 e. The number of nitrogens with one attached hydrogen (secondary N) is 2. The molecule has 3 atom stereocenters. The van der Waals surface area contributed by atoms with Crippen molar-refractivity contribution in [2.24, 2.45) is 16.7 Å². The molecule has 0 unspecified atom stereocenters. The number of hydrogen-bond donors (Lipinski definition) is 2. The first kappa shape index (κ1) is 18.9. The molecule has 3 rings (SSSR count). The van der Waals surface area contributed by atoms with Crippen LogP contribution in [0.3, 0.4) is 0 Å². The summed E-state index contributed by atoms with van der Waals surface area (Å²) >= 11 is 0. The summed E-state index contributed by atoms with van der Waals surface area (Å²) in [5.41, 5.74) is 0.895. The van der Waals surface area contributed by atoms with E-state index in [-0.39, 0.29) is 34.5 Å². The van der Waals surface area contributed by atoms with Crippen LogP contribution in [0.5, 0.6) is 0 Å². The summed E-state index contributed by atoms with van der Waals surface area (Å²) in [6, 6.07) is 5.70. The fraction of sp³-hybridized carbons (Fsp3) is 0.619. The lowest BCUT2D eigenvalue weighted by Gasteiger charge is -2.39. The Morgan fingerprint density at radius 3 is 2.46 bits per heavy atom. The SMILES string of the molecule is CC1(C)[C@H]2CC[C@@]1(C)[C@H](NC(=O)CCCNC(=O)c1ccc(F)cc1)C2. The van der Waals surface area contributed by atoms with Gasteiger partial charge in [0.2, 0.25) is 5.91 Å². The molecule has 0 spiro atoms. The predicted octanol–water partition coefficient (Wildman–Crippen LogP) is 3.67. The largest absolute Gasteiger partial charge is 0.353 e. The van der Waals surface area contributed by atoms with Gasteiger partial charge in [0.05, 0.1) is 0 Å². The standard InChI is InChI=1S/C21H29FN2O2/c1-20(2)15-10-11-21(20,3)17(13-15)24-18(25)5-4-12-23-19(26)14-6-8-16(22)9-7-14/h6-9,15,17H,4-5,10-13H2,1-3H3,(H,23,26)(H,24,25)/t15-,17+,21-/m0/s1. The predicted molar refractivity (Wildman–Crippen MR) is 99.1 cm³/mol. The molecule has 2 amide bonds. The van der Waals surface area contributed by atoms with E-state index in [1.54, 1.807) is 0 Å². The summed E-state index contributed by atoms with van der Waals surface area (Å²) in [6.07, 6.45) is 4.53. The van der Waals surface area contributed by atoms with Crippen LogP contribution in [0.25, 0.3) is 0 Å². The first-order chi connectivity index (χ1) is 12.2. The molecule has 0 radical (unpaired) electrons. The fourth-order valence-electron chi connectivity index (χ4n) is 4.84. The van der Waals surface area contributed by atoms with E-state index in [9.17, 15) is 14.0 Å². The molecule has 2 aliphatic rings. The van der Waals surface area contributed by atoms with Crippen LogP contribution in [-0.2, 0) is 4.79 Å². The Kier molecular flexibility index (Phi) is 5.09. The summed E-state index contributed by atoms with van der Waals surface area (Å²) in [7, 11) is 0. The zero-order valence-electron chi connectivity index (χ0n) is 15.9. The third-order valence-electron chi connectivity index (χ3n) is 7.10. The minimum atomic E-state index is -0.365. The molecular weight excluding hydrogens is 331 g/mol. The highest BCUT2D eigenvalue weighted by molar-refractivity contribution is 5.94. The van der Waals surface area contributed by atoms with E-state index in [2.05, 4.69) is 31.4 Å². The van der Waals surface area contributed by atoms with Gasteiger partial charge in [-0.15, -0.1) is 0 Å². The van der Waals surface area contributed by atoms with E-state index in [4.69, 9.17) is 0 Å². The molecule has 1 aromatic rings. The number of hydrogen-bond acceptors (Lipinski definition) is 2. The average Bonchev–Trinajstić information content (AvgIpc) is 2.92. The molecule has 4 nitrogen and oxygen atoms in total. The van der Waals surface area contributed by atoms with Crippen molar-refractivity contribution in [2.75, 3.05) is 6.54 Å². The van der Waals surface area contributed by atoms with Gasteiger partial charge in [-0.3, -0.25) is 9.59 Å². The lowest BCUT2D eigenvalue weighted by atomic mass is 9.69. The fourth-order valence-corrected chi connectivity index (χ4v) is 4.84. The summed E-state index contributed by atoms with van der Waals surface area (Å²) in [4.78, 5) is 24.3. The summed E-state index contributed by atoms with van der Waals surface area (Å²) in [5.74, 6) is 0.159. The number of carbonyl (C=O) groups excluding carboxylic acids is 2. The highest BCUT2D eigenvalue weighted by atomic mass is 19.1. The van der Waals surface area contributed by atoms with Gasteiger partial charge in [-0.1, -0.05) is 20.8 Å². The van der Waals surface area contributed by atoms with Gasteiger partial charge < -0.3 is 10.6 Å². The number of rotatable bonds is 6. The normalized spacial score (nSPS) is 28.8. The Bertz CT molecular complexity index is 686. The third-order valence-corrected chi connectivity index (χ3v) is 7.10. The molecule has 2 bridgehead atoms. The first-order valence-electron chi connectivity index (χ1n) is 9.57. The molecule has 0 heterocycles. The Balaban J connectivity index is 1.40. The van der Waals surface area contributed by atoms with E-state index in [1.807, 2.05) is 0 Å². The van der Waals surface area contributed by atoms with Gasteiger partial charge in [0.1, 0.15) is 5.82 Å². The number of carbonyl (C=O) groups is 2. The van der Waals surface area contributed by atoms with Crippen LogP contribution in [0.4, 0.5) is 4.39 Å². The van der Waals surface area contributed by atoms with Crippen molar-refractivity contribution in [3.63, 3.8) is 0 Å². The van der Waals surface area contributed by atoms with E-state index in [0.29, 0.717) is 30.9 Å². The number of halogens is 1. The van der Waals surface area contributed by atoms with Crippen molar-refractivity contribution in [2.45, 2.75) is 58.9 Å². The van der Waals surface area contributed by atoms with Gasteiger partial charge in [0.25, 0.3) is 5.91 Å². The summed E-state index contributed by atoms with van der Waals surface area (Å²) in [5, 5.41) is 6.01. The monoisotopic (exact) mass is 360 g/mol. The topological polar surface area (TPSA) is 58.2 Å². The maximum absolute atomic E-state index is 12.9. The highest BCUT2D eigenvalue weighted by Gasteiger charge is 2.61. The second kappa shape index (κ2) is 7.01. The second-order valence-electron chi connectivity index (χ2n) is 8.60. The number of amides is 2. The zero-order valence-corrected chi connectivity index (χ0v) is 15.9. The van der Waals surface area contributed by atoms with Gasteiger partial charge in [0.15, 0.2) is 0 Å². The Morgan fingerprint density at radius 1 is 1.19 bits per heavy atom. The third kappa shape index (κ3) is 3.36. The second-order valence-corrected chi connectivity index (χ2v) is 8.60. The molecule has 2 fully saturated rings. The molecule has 0 aliphatic heterocycles. The Morgan fingerprint density at radius 2 is 1.88 bits per heavy atom. The molecular formula is C21H29FN2O2. The lowest BCUT2D eigenvalue weighted by Crippen LogP contribution is -2.46. The first-order valence-corrected chi connectivity index (χ1v) is 9.57. The maximum Gasteiger partial charge on any atom is 0.251 e. The van der Waals surface area contributed by atoms with Gasteiger partial charge in [-0.05, 0) is 66.7 Å². The van der Waals surface area contributed by atoms with Crippen molar-refractivity contribution in [1.29, 1.82) is 0 Å². The van der Waals surface area contributed by atoms with Crippen LogP contribution in [-0.4, -0.2) is 24.4 Å². The number of fused-ring (bicyclic) bond motifs is 2. The summed E-state index contributed by atoms with van der Waals surface area (Å²) in [6.45, 7) is 7.41. The lowest BCUT2D eigenvalue weighted by molar-refractivity contribution is -0.122. The highest BCUT2D eigenvalue weighted by Crippen LogP contribution is 2.65. The molecule has 2 aliphatic carbocycles. The molecule has 5 heteroatoms. The van der Waals surface area contributed by atoms with Crippen molar-refractivity contribution < 1.29 is 14.0 Å². The van der Waals surface area contributed by atoms with Crippen LogP contribution in [0, 0.1) is 22.6 Å². The van der Waals surface area contributed by atoms with E-state index < -0.39 is 0 Å². The van der Waals surface area contributed by atoms with Gasteiger partial charge in [0, 0.05) is 24.6 Å². The molecule has 2 N–H and O–H groups in total. The van der Waals surface area contributed by atoms with Crippen molar-refractivity contribution in [1.82, 2.24) is 10.6 Å². The van der Waals surface area contributed by atoms with Gasteiger partial charge in [-0.2, -0.15) is 0 Å². The Hall–Kier alpha value is -1.91. The van der Waals surface area contributed by atoms with Crippen LogP contribution in [0.1, 0.15) is 63.2 Å². The van der Waals surface area contributed by atoms with Crippen molar-refractivity contribution in [3.05, 3.63) is 35.6 Å². The van der Waals surface area contributed by atoms with Crippen LogP contribution in [0.2, 0.25) is 0 Å². The van der Waals surface area contributed by atoms with Crippen molar-refractivity contribution >= 4 is 11.8 Å². The molecule has 0 saturated heterocycles. The quantitative estimate of drug-likeness (QED) is 0.761. The molecule has 0 aromatic heterocycles. The van der Waals surface area contributed by atoms with E-state index in [1.165, 1.54) is 37.1 Å². The minimum absolute atomic E-state index is 0.0654. The van der Waals surface area contributed by atoms with Gasteiger partial charge >= 0.3 is 0 Å². The Labute approximate surface area is 154 Å². The molecule has 2 saturated carbocycles. The van der Waals surface area contributed by atoms with Gasteiger partial charge in [-0.25, -0.2) is 4.39 Å². The molecule has 1 aromatic carbocycles. The average molecular weight is 360 g/mol. The number of benzene rings is 1. The van der Waals surface area contributed by atoms with Crippen LogP contribution < -0.4 is 10.6 Å². The van der Waals surface area contributed by atoms with E-state index >= 15 is 0 Å². The maximum atomic E-state index is 12.9. The molecule has 26 heavy (non-hydrogen) atoms. The zero-order chi connectivity index (χ0) is 18.9. The minimum Gasteiger partial charge on any atom is -0.353 e. The van der Waals surface area contributed by atoms with Crippen LogP contribution >= 0.6 is 0 Å². The van der Waals surface area contributed by atoms with Crippen molar-refractivity contribution in [3.8, 4) is 0 Å². The molecule has 142 valence electrons. The van der Waals surface area contributed by atoms with Crippen LogP contribution in [0.15, 0.2) is 24.3 Å². The van der Waals surface area contributed by atoms with E-state index in [0.717, 1.165) is 6.42 Å².